The van der Waals surface area contributed by atoms with Gasteiger partial charge in [0, 0.05) is 23.3 Å². The summed E-state index contributed by atoms with van der Waals surface area (Å²) in [5.74, 6) is -4.01. The van der Waals surface area contributed by atoms with E-state index in [1.807, 2.05) is 10.6 Å². The molecule has 0 radical (unpaired) electrons. The van der Waals surface area contributed by atoms with Crippen LogP contribution in [0.2, 0.25) is 0 Å². The molecule has 2 rings (SSSR count). The SMILES string of the molecule is O=C1C=C(CC(=O)OCCOC(=O)CC2=CC(=O)NC2=O)C(=O)N1. The van der Waals surface area contributed by atoms with Crippen molar-refractivity contribution in [3.63, 3.8) is 0 Å². The maximum Gasteiger partial charge on any atom is 0.310 e. The fourth-order valence-corrected chi connectivity index (χ4v) is 1.89. The van der Waals surface area contributed by atoms with Crippen molar-refractivity contribution in [2.24, 2.45) is 0 Å². The number of carbonyl (C=O) groups is 6. The molecular weight excluding hydrogens is 324 g/mol. The molecule has 0 fully saturated rings. The highest BCUT2D eigenvalue weighted by atomic mass is 16.6. The normalized spacial score (nSPS) is 16.3. The first-order valence-corrected chi connectivity index (χ1v) is 6.78. The van der Waals surface area contributed by atoms with E-state index in [2.05, 4.69) is 0 Å². The minimum Gasteiger partial charge on any atom is -0.462 e. The Hall–Kier alpha value is -3.30. The molecule has 0 aromatic carbocycles. The minimum atomic E-state index is -0.759. The summed E-state index contributed by atoms with van der Waals surface area (Å²) in [5, 5.41) is 3.97. The monoisotopic (exact) mass is 336 g/mol. The Morgan fingerprint density at radius 2 is 1.12 bits per heavy atom. The molecule has 24 heavy (non-hydrogen) atoms. The molecule has 0 saturated carbocycles. The van der Waals surface area contributed by atoms with Crippen LogP contribution in [0.4, 0.5) is 0 Å². The second-order valence-corrected chi connectivity index (χ2v) is 4.77. The van der Waals surface area contributed by atoms with Crippen molar-refractivity contribution in [2.45, 2.75) is 12.8 Å². The van der Waals surface area contributed by atoms with Crippen LogP contribution in [0.5, 0.6) is 0 Å². The summed E-state index contributed by atoms with van der Waals surface area (Å²) in [6.07, 6.45) is 1.26. The van der Waals surface area contributed by atoms with Gasteiger partial charge in [-0.15, -0.1) is 0 Å². The summed E-state index contributed by atoms with van der Waals surface area (Å²) in [6.45, 7) is -0.505. The molecular formula is C14H12N2O8. The van der Waals surface area contributed by atoms with Crippen LogP contribution in [-0.2, 0) is 38.2 Å². The van der Waals surface area contributed by atoms with Crippen molar-refractivity contribution in [2.75, 3.05) is 13.2 Å². The van der Waals surface area contributed by atoms with E-state index < -0.39 is 35.6 Å². The van der Waals surface area contributed by atoms with Crippen LogP contribution < -0.4 is 10.6 Å². The summed E-state index contributed by atoms with van der Waals surface area (Å²) in [7, 11) is 0. The predicted molar refractivity (Wildman–Crippen MR) is 73.6 cm³/mol. The molecule has 0 unspecified atom stereocenters. The van der Waals surface area contributed by atoms with Gasteiger partial charge in [0.25, 0.3) is 23.6 Å². The zero-order chi connectivity index (χ0) is 17.7. The Bertz CT molecular complexity index is 644. The molecule has 2 aliphatic heterocycles. The first-order valence-electron chi connectivity index (χ1n) is 6.78. The fraction of sp³-hybridized carbons (Fsp3) is 0.286. The molecule has 10 nitrogen and oxygen atoms in total. The van der Waals surface area contributed by atoms with E-state index in [-0.39, 0.29) is 37.2 Å². The van der Waals surface area contributed by atoms with Gasteiger partial charge in [-0.05, 0) is 0 Å². The summed E-state index contributed by atoms with van der Waals surface area (Å²) < 4.78 is 9.50. The van der Waals surface area contributed by atoms with Crippen LogP contribution in [0.15, 0.2) is 23.3 Å². The van der Waals surface area contributed by atoms with Crippen molar-refractivity contribution in [1.29, 1.82) is 0 Å². The fourth-order valence-electron chi connectivity index (χ4n) is 1.89. The van der Waals surface area contributed by atoms with Gasteiger partial charge in [-0.3, -0.25) is 39.4 Å². The van der Waals surface area contributed by atoms with E-state index in [9.17, 15) is 28.8 Å². The second kappa shape index (κ2) is 7.31. The number of amides is 4. The highest BCUT2D eigenvalue weighted by Crippen LogP contribution is 2.09. The topological polar surface area (TPSA) is 145 Å². The predicted octanol–water partition coefficient (Wildman–Crippen LogP) is -1.98. The largest absolute Gasteiger partial charge is 0.462 e. The van der Waals surface area contributed by atoms with E-state index in [4.69, 9.17) is 9.47 Å². The Labute approximate surface area is 134 Å². The Morgan fingerprint density at radius 3 is 1.42 bits per heavy atom. The lowest BCUT2D eigenvalue weighted by molar-refractivity contribution is -0.151. The maximum atomic E-state index is 11.5. The molecule has 10 heteroatoms. The van der Waals surface area contributed by atoms with Crippen molar-refractivity contribution in [3.8, 4) is 0 Å². The molecule has 0 aliphatic carbocycles. The Kier molecular flexibility index (Phi) is 5.20. The van der Waals surface area contributed by atoms with Crippen LogP contribution in [0.3, 0.4) is 0 Å². The molecule has 2 heterocycles. The molecule has 0 aromatic heterocycles. The maximum absolute atomic E-state index is 11.5. The van der Waals surface area contributed by atoms with Gasteiger partial charge in [-0.25, -0.2) is 0 Å². The number of hydrogen-bond acceptors (Lipinski definition) is 8. The number of ether oxygens (including phenoxy) is 2. The van der Waals surface area contributed by atoms with Gasteiger partial charge in [-0.1, -0.05) is 0 Å². The second-order valence-electron chi connectivity index (χ2n) is 4.77. The number of imide groups is 2. The Balaban J connectivity index is 1.64. The molecule has 2 N–H and O–H groups in total. The lowest BCUT2D eigenvalue weighted by atomic mass is 10.2. The van der Waals surface area contributed by atoms with Crippen molar-refractivity contribution in [3.05, 3.63) is 23.3 Å². The number of hydrogen-bond donors (Lipinski definition) is 2. The van der Waals surface area contributed by atoms with Gasteiger partial charge in [0.05, 0.1) is 12.8 Å². The molecule has 0 saturated heterocycles. The molecule has 0 spiro atoms. The van der Waals surface area contributed by atoms with E-state index in [0.717, 1.165) is 12.2 Å². The van der Waals surface area contributed by atoms with Crippen LogP contribution in [-0.4, -0.2) is 48.8 Å². The first kappa shape index (κ1) is 17.1. The molecule has 2 aliphatic rings. The van der Waals surface area contributed by atoms with Gasteiger partial charge >= 0.3 is 11.9 Å². The average molecular weight is 336 g/mol. The lowest BCUT2D eigenvalue weighted by Crippen LogP contribution is -2.23. The van der Waals surface area contributed by atoms with E-state index >= 15 is 0 Å². The van der Waals surface area contributed by atoms with Crippen LogP contribution in [0, 0.1) is 0 Å². The standard InChI is InChI=1S/C14H12N2O8/c17-9-3-7(13(21)15-9)5-11(19)23-1-2-24-12(20)6-8-4-10(18)16-14(8)22/h3-4H,1-2,5-6H2,(H,15,17,21)(H,16,18,22). The quantitative estimate of drug-likeness (QED) is 0.309. The van der Waals surface area contributed by atoms with Gasteiger partial charge in [-0.2, -0.15) is 0 Å². The molecule has 126 valence electrons. The van der Waals surface area contributed by atoms with Crippen molar-refractivity contribution >= 4 is 35.6 Å². The highest BCUT2D eigenvalue weighted by Gasteiger charge is 2.24. The molecule has 4 amide bonds. The third kappa shape index (κ3) is 4.60. The first-order chi connectivity index (χ1) is 11.3. The third-order valence-electron chi connectivity index (χ3n) is 2.95. The van der Waals surface area contributed by atoms with E-state index in [0.29, 0.717) is 0 Å². The zero-order valence-electron chi connectivity index (χ0n) is 12.2. The van der Waals surface area contributed by atoms with Gasteiger partial charge in [0.2, 0.25) is 0 Å². The van der Waals surface area contributed by atoms with Crippen LogP contribution in [0.25, 0.3) is 0 Å². The average Bonchev–Trinajstić information content (AvgIpc) is 2.96. The number of nitrogens with one attached hydrogen (secondary N) is 2. The number of carbonyl (C=O) groups excluding carboxylic acids is 6. The van der Waals surface area contributed by atoms with Crippen molar-refractivity contribution < 1.29 is 38.2 Å². The van der Waals surface area contributed by atoms with Gasteiger partial charge in [0.15, 0.2) is 0 Å². The van der Waals surface area contributed by atoms with E-state index in [1.165, 1.54) is 0 Å². The van der Waals surface area contributed by atoms with E-state index in [1.54, 1.807) is 0 Å². The van der Waals surface area contributed by atoms with Crippen LogP contribution in [0.1, 0.15) is 12.8 Å². The van der Waals surface area contributed by atoms with Crippen LogP contribution >= 0.6 is 0 Å². The summed E-state index contributed by atoms with van der Waals surface area (Å²) in [6, 6.07) is 0. The van der Waals surface area contributed by atoms with Crippen molar-refractivity contribution in [1.82, 2.24) is 10.6 Å². The summed E-state index contributed by atoms with van der Waals surface area (Å²) >= 11 is 0. The smallest absolute Gasteiger partial charge is 0.310 e. The molecule has 0 bridgehead atoms. The molecule has 0 atom stereocenters. The summed E-state index contributed by atoms with van der Waals surface area (Å²) in [5.41, 5.74) is -0.0170. The summed E-state index contributed by atoms with van der Waals surface area (Å²) in [4.78, 5) is 67.1. The van der Waals surface area contributed by atoms with Gasteiger partial charge < -0.3 is 9.47 Å². The minimum absolute atomic E-state index is 0.00848. The lowest BCUT2D eigenvalue weighted by Gasteiger charge is -2.06. The number of rotatable bonds is 7. The highest BCUT2D eigenvalue weighted by molar-refractivity contribution is 6.18. The molecule has 0 aromatic rings. The number of esters is 2. The van der Waals surface area contributed by atoms with Gasteiger partial charge in [0.1, 0.15) is 13.2 Å². The Morgan fingerprint density at radius 1 is 0.750 bits per heavy atom. The zero-order valence-corrected chi connectivity index (χ0v) is 12.2. The third-order valence-corrected chi connectivity index (χ3v) is 2.95.